The zero-order valence-corrected chi connectivity index (χ0v) is 12.0. The van der Waals surface area contributed by atoms with E-state index in [2.05, 4.69) is 13.2 Å². The molecule has 0 bridgehead atoms. The lowest BCUT2D eigenvalue weighted by molar-refractivity contribution is -0.132. The number of allylic oxidation sites excluding steroid dienone is 2. The van der Waals surface area contributed by atoms with E-state index in [9.17, 15) is 4.79 Å². The van der Waals surface area contributed by atoms with Gasteiger partial charge in [0.05, 0.1) is 6.07 Å². The molecule has 0 aliphatic rings. The molecule has 0 atom stereocenters. The zero-order chi connectivity index (χ0) is 15.8. The van der Waals surface area contributed by atoms with Crippen molar-refractivity contribution in [1.82, 2.24) is 0 Å². The first kappa shape index (κ1) is 19.7. The van der Waals surface area contributed by atoms with E-state index in [1.54, 1.807) is 19.1 Å². The summed E-state index contributed by atoms with van der Waals surface area (Å²) in [7, 11) is 0. The first-order chi connectivity index (χ1) is 9.53. The largest absolute Gasteiger partial charge is 0.478 e. The van der Waals surface area contributed by atoms with Crippen molar-refractivity contribution in [3.8, 4) is 6.07 Å². The van der Waals surface area contributed by atoms with Crippen LogP contribution in [-0.2, 0) is 4.79 Å². The topological polar surface area (TPSA) is 61.1 Å². The van der Waals surface area contributed by atoms with Gasteiger partial charge >= 0.3 is 5.97 Å². The Balaban J connectivity index is 0. The van der Waals surface area contributed by atoms with Crippen molar-refractivity contribution in [2.75, 3.05) is 0 Å². The van der Waals surface area contributed by atoms with Crippen molar-refractivity contribution in [2.24, 2.45) is 0 Å². The fourth-order valence-electron chi connectivity index (χ4n) is 0.983. The van der Waals surface area contributed by atoms with Crippen LogP contribution >= 0.6 is 0 Å². The molecule has 3 nitrogen and oxygen atoms in total. The Bertz CT molecular complexity index is 468. The van der Waals surface area contributed by atoms with Gasteiger partial charge in [0.2, 0.25) is 0 Å². The molecule has 1 N–H and O–H groups in total. The maximum atomic E-state index is 10.0. The standard InChI is InChI=1S/C8H8.C6H10O2.C3H3N/c1-2-8-6-4-3-5-7-8;1-3-4-5(2)6(7)8;1-2-3-4/h2-7H,1H2;4H,3H2,1-2H3,(H,7,8);2H,1H2. The van der Waals surface area contributed by atoms with Crippen LogP contribution in [0.5, 0.6) is 0 Å². The summed E-state index contributed by atoms with van der Waals surface area (Å²) < 4.78 is 0. The first-order valence-electron chi connectivity index (χ1n) is 6.11. The maximum absolute atomic E-state index is 10.0. The molecule has 20 heavy (non-hydrogen) atoms. The predicted octanol–water partition coefficient (Wildman–Crippen LogP) is 4.45. The van der Waals surface area contributed by atoms with Crippen LogP contribution < -0.4 is 0 Å². The van der Waals surface area contributed by atoms with Crippen LogP contribution in [0.1, 0.15) is 25.8 Å². The number of aliphatic carboxylic acids is 1. The van der Waals surface area contributed by atoms with E-state index >= 15 is 0 Å². The van der Waals surface area contributed by atoms with Crippen molar-refractivity contribution < 1.29 is 9.90 Å². The van der Waals surface area contributed by atoms with Gasteiger partial charge < -0.3 is 5.11 Å². The summed E-state index contributed by atoms with van der Waals surface area (Å²) in [5.74, 6) is -0.827. The number of nitrogens with zero attached hydrogens (tertiary/aromatic N) is 1. The van der Waals surface area contributed by atoms with Crippen LogP contribution in [0.15, 0.2) is 61.2 Å². The van der Waals surface area contributed by atoms with Gasteiger partial charge in [-0.15, -0.1) is 0 Å². The van der Waals surface area contributed by atoms with Gasteiger partial charge in [0.1, 0.15) is 0 Å². The molecule has 1 aromatic carbocycles. The molecule has 0 unspecified atom stereocenters. The summed E-state index contributed by atoms with van der Waals surface area (Å²) in [4.78, 5) is 10.0. The fourth-order valence-corrected chi connectivity index (χ4v) is 0.983. The summed E-state index contributed by atoms with van der Waals surface area (Å²) in [6, 6.07) is 11.7. The van der Waals surface area contributed by atoms with Crippen molar-refractivity contribution >= 4 is 12.0 Å². The molecular formula is C17H21NO2. The molecular weight excluding hydrogens is 250 g/mol. The third-order valence-corrected chi connectivity index (χ3v) is 1.97. The molecule has 0 aliphatic heterocycles. The predicted molar refractivity (Wildman–Crippen MR) is 84.0 cm³/mol. The van der Waals surface area contributed by atoms with Crippen LogP contribution in [0.2, 0.25) is 0 Å². The van der Waals surface area contributed by atoms with Gasteiger partial charge in [-0.3, -0.25) is 0 Å². The molecule has 0 spiro atoms. The molecule has 1 aromatic rings. The lowest BCUT2D eigenvalue weighted by atomic mass is 10.2. The molecule has 0 radical (unpaired) electrons. The van der Waals surface area contributed by atoms with E-state index in [-0.39, 0.29) is 0 Å². The van der Waals surface area contributed by atoms with Crippen LogP contribution in [-0.4, -0.2) is 11.1 Å². The number of hydrogen-bond acceptors (Lipinski definition) is 2. The van der Waals surface area contributed by atoms with Gasteiger partial charge in [-0.25, -0.2) is 4.79 Å². The maximum Gasteiger partial charge on any atom is 0.330 e. The Labute approximate surface area is 121 Å². The molecule has 0 aromatic heterocycles. The minimum atomic E-state index is -0.827. The lowest BCUT2D eigenvalue weighted by Gasteiger charge is -1.87. The Morgan fingerprint density at radius 2 is 1.85 bits per heavy atom. The molecule has 1 rings (SSSR count). The van der Waals surface area contributed by atoms with E-state index in [4.69, 9.17) is 10.4 Å². The molecule has 3 heteroatoms. The lowest BCUT2D eigenvalue weighted by Crippen LogP contribution is -1.94. The normalized spacial score (nSPS) is 8.75. The minimum absolute atomic E-state index is 0.424. The summed E-state index contributed by atoms with van der Waals surface area (Å²) in [6.45, 7) is 10.2. The Kier molecular flexibility index (Phi) is 14.3. The summed E-state index contributed by atoms with van der Waals surface area (Å²) in [5.41, 5.74) is 1.60. The quantitative estimate of drug-likeness (QED) is 0.652. The van der Waals surface area contributed by atoms with E-state index in [1.807, 2.05) is 43.3 Å². The molecule has 0 fully saturated rings. The number of nitriles is 1. The molecule has 0 saturated carbocycles. The first-order valence-corrected chi connectivity index (χ1v) is 6.11. The van der Waals surface area contributed by atoms with Crippen LogP contribution in [0, 0.1) is 11.3 Å². The van der Waals surface area contributed by atoms with Crippen molar-refractivity contribution in [2.45, 2.75) is 20.3 Å². The van der Waals surface area contributed by atoms with Crippen LogP contribution in [0.25, 0.3) is 6.08 Å². The highest BCUT2D eigenvalue weighted by molar-refractivity contribution is 5.85. The second-order valence-electron chi connectivity index (χ2n) is 3.55. The third kappa shape index (κ3) is 13.5. The van der Waals surface area contributed by atoms with Gasteiger partial charge in [-0.2, -0.15) is 5.26 Å². The van der Waals surface area contributed by atoms with Gasteiger partial charge in [-0.1, -0.05) is 62.6 Å². The number of carboxylic acids is 1. The van der Waals surface area contributed by atoms with Crippen LogP contribution in [0.3, 0.4) is 0 Å². The molecule has 0 amide bonds. The smallest absolute Gasteiger partial charge is 0.330 e. The van der Waals surface area contributed by atoms with Crippen LogP contribution in [0.4, 0.5) is 0 Å². The zero-order valence-electron chi connectivity index (χ0n) is 12.0. The summed E-state index contributed by atoms with van der Waals surface area (Å²) >= 11 is 0. The number of benzene rings is 1. The van der Waals surface area contributed by atoms with Gasteiger partial charge in [-0.05, 0) is 18.9 Å². The van der Waals surface area contributed by atoms with Gasteiger partial charge in [0, 0.05) is 11.6 Å². The second kappa shape index (κ2) is 14.5. The van der Waals surface area contributed by atoms with Crippen molar-refractivity contribution in [1.29, 1.82) is 5.26 Å². The number of hydrogen-bond donors (Lipinski definition) is 1. The van der Waals surface area contributed by atoms with E-state index < -0.39 is 5.97 Å². The van der Waals surface area contributed by atoms with Gasteiger partial charge in [0.25, 0.3) is 0 Å². The Morgan fingerprint density at radius 3 is 2.05 bits per heavy atom. The van der Waals surface area contributed by atoms with E-state index in [0.717, 1.165) is 6.42 Å². The summed E-state index contributed by atoms with van der Waals surface area (Å²) in [5, 5.41) is 15.8. The third-order valence-electron chi connectivity index (χ3n) is 1.97. The van der Waals surface area contributed by atoms with Crippen molar-refractivity contribution in [3.05, 3.63) is 66.8 Å². The number of rotatable bonds is 3. The fraction of sp³-hybridized carbons (Fsp3) is 0.176. The Hall–Kier alpha value is -2.60. The summed E-state index contributed by atoms with van der Waals surface area (Å²) in [6.07, 6.45) is 5.49. The van der Waals surface area contributed by atoms with E-state index in [1.165, 1.54) is 11.6 Å². The number of carbonyl (C=O) groups is 1. The molecule has 106 valence electrons. The SMILES string of the molecule is C=CC#N.C=Cc1ccccc1.CCC=C(C)C(=O)O. The molecule has 0 saturated heterocycles. The monoisotopic (exact) mass is 271 g/mol. The van der Waals surface area contributed by atoms with Crippen molar-refractivity contribution in [3.63, 3.8) is 0 Å². The number of carboxylic acid groups (broad SMARTS) is 1. The second-order valence-corrected chi connectivity index (χ2v) is 3.55. The average Bonchev–Trinajstić information content (AvgIpc) is 2.49. The average molecular weight is 271 g/mol. The van der Waals surface area contributed by atoms with E-state index in [0.29, 0.717) is 5.57 Å². The highest BCUT2D eigenvalue weighted by Crippen LogP contribution is 1.97. The molecule has 0 aliphatic carbocycles. The Morgan fingerprint density at radius 1 is 1.35 bits per heavy atom. The molecule has 0 heterocycles. The minimum Gasteiger partial charge on any atom is -0.478 e. The van der Waals surface area contributed by atoms with Gasteiger partial charge in [0.15, 0.2) is 0 Å². The highest BCUT2D eigenvalue weighted by Gasteiger charge is 1.94. The highest BCUT2D eigenvalue weighted by atomic mass is 16.4.